The summed E-state index contributed by atoms with van der Waals surface area (Å²) in [5.41, 5.74) is 0.895. The average Bonchev–Trinajstić information content (AvgIpc) is 3.10. The van der Waals surface area contributed by atoms with Crippen molar-refractivity contribution in [3.63, 3.8) is 0 Å². The van der Waals surface area contributed by atoms with Crippen molar-refractivity contribution in [2.24, 2.45) is 0 Å². The predicted molar refractivity (Wildman–Crippen MR) is 96.8 cm³/mol. The highest BCUT2D eigenvalue weighted by Crippen LogP contribution is 2.26. The van der Waals surface area contributed by atoms with E-state index in [9.17, 15) is 5.11 Å². The third kappa shape index (κ3) is 5.00. The summed E-state index contributed by atoms with van der Waals surface area (Å²) in [5, 5.41) is 13.3. The number of hydrogen-bond donors (Lipinski definition) is 1. The predicted octanol–water partition coefficient (Wildman–Crippen LogP) is 2.23. The Bertz CT molecular complexity index is 498. The van der Waals surface area contributed by atoms with Crippen LogP contribution in [0, 0.1) is 0 Å². The van der Waals surface area contributed by atoms with Crippen LogP contribution in [-0.2, 0) is 13.1 Å². The van der Waals surface area contributed by atoms with E-state index in [0.29, 0.717) is 0 Å². The molecule has 0 aromatic carbocycles. The Hall–Kier alpha value is -0.460. The summed E-state index contributed by atoms with van der Waals surface area (Å²) in [5.74, 6) is 0. The molecule has 1 atom stereocenters. The van der Waals surface area contributed by atoms with Gasteiger partial charge in [-0.15, -0.1) is 11.3 Å². The quantitative estimate of drug-likeness (QED) is 0.862. The van der Waals surface area contributed by atoms with E-state index in [1.807, 2.05) is 11.3 Å². The molecule has 2 aliphatic rings. The monoisotopic (exact) mass is 337 g/mol. The molecular formula is C18H31N3OS. The first kappa shape index (κ1) is 17.4. The van der Waals surface area contributed by atoms with Gasteiger partial charge in [-0.25, -0.2) is 0 Å². The van der Waals surface area contributed by atoms with Crippen molar-refractivity contribution in [3.8, 4) is 0 Å². The van der Waals surface area contributed by atoms with Gasteiger partial charge in [0.1, 0.15) is 0 Å². The molecule has 0 bridgehead atoms. The van der Waals surface area contributed by atoms with Crippen molar-refractivity contribution >= 4 is 11.3 Å². The molecule has 5 heteroatoms. The second-order valence-electron chi connectivity index (χ2n) is 7.68. The van der Waals surface area contributed by atoms with Crippen molar-refractivity contribution < 1.29 is 5.11 Å². The van der Waals surface area contributed by atoms with Crippen LogP contribution in [0.25, 0.3) is 0 Å². The minimum Gasteiger partial charge on any atom is -0.387 e. The number of aliphatic hydroxyl groups is 1. The van der Waals surface area contributed by atoms with Crippen LogP contribution in [-0.4, -0.2) is 72.2 Å². The van der Waals surface area contributed by atoms with Gasteiger partial charge in [0.15, 0.2) is 0 Å². The van der Waals surface area contributed by atoms with Crippen LogP contribution in [0.2, 0.25) is 0 Å². The molecule has 2 saturated heterocycles. The van der Waals surface area contributed by atoms with Gasteiger partial charge in [0, 0.05) is 31.1 Å². The zero-order valence-corrected chi connectivity index (χ0v) is 15.4. The van der Waals surface area contributed by atoms with E-state index in [1.54, 1.807) is 0 Å². The molecule has 1 aromatic rings. The van der Waals surface area contributed by atoms with Crippen LogP contribution >= 0.6 is 11.3 Å². The van der Waals surface area contributed by atoms with Crippen molar-refractivity contribution in [3.05, 3.63) is 21.9 Å². The zero-order chi connectivity index (χ0) is 16.3. The molecule has 3 heterocycles. The van der Waals surface area contributed by atoms with Crippen LogP contribution in [0.15, 0.2) is 11.4 Å². The molecule has 4 nitrogen and oxygen atoms in total. The third-order valence-corrected chi connectivity index (χ3v) is 5.91. The van der Waals surface area contributed by atoms with E-state index < -0.39 is 5.60 Å². The van der Waals surface area contributed by atoms with Crippen LogP contribution in [0.3, 0.4) is 0 Å². The Morgan fingerprint density at radius 2 is 1.91 bits per heavy atom. The van der Waals surface area contributed by atoms with Crippen molar-refractivity contribution in [2.75, 3.05) is 46.8 Å². The molecule has 2 fully saturated rings. The Kier molecular flexibility index (Phi) is 5.75. The first-order chi connectivity index (χ1) is 11.0. The first-order valence-electron chi connectivity index (χ1n) is 8.91. The number of β-amino-alcohol motifs (C(OH)–C–C–N with tert-alkyl or cyclic N) is 1. The lowest BCUT2D eigenvalue weighted by Crippen LogP contribution is -2.53. The van der Waals surface area contributed by atoms with E-state index in [4.69, 9.17) is 0 Å². The van der Waals surface area contributed by atoms with Gasteiger partial charge in [-0.2, -0.15) is 0 Å². The molecule has 3 rings (SSSR count). The minimum absolute atomic E-state index is 0.508. The van der Waals surface area contributed by atoms with Gasteiger partial charge < -0.3 is 14.9 Å². The lowest BCUT2D eigenvalue weighted by molar-refractivity contribution is -0.0517. The molecule has 0 radical (unpaired) electrons. The maximum Gasteiger partial charge on any atom is 0.0900 e. The van der Waals surface area contributed by atoms with Gasteiger partial charge in [0.2, 0.25) is 0 Å². The summed E-state index contributed by atoms with van der Waals surface area (Å²) in [6.07, 6.45) is 4.66. The van der Waals surface area contributed by atoms with E-state index in [2.05, 4.69) is 40.2 Å². The molecule has 23 heavy (non-hydrogen) atoms. The minimum atomic E-state index is -0.508. The van der Waals surface area contributed by atoms with Gasteiger partial charge in [-0.3, -0.25) is 4.90 Å². The highest BCUT2D eigenvalue weighted by atomic mass is 32.1. The number of nitrogens with zero attached hydrogens (tertiary/aromatic N) is 3. The van der Waals surface area contributed by atoms with Gasteiger partial charge in [0.25, 0.3) is 0 Å². The van der Waals surface area contributed by atoms with Gasteiger partial charge in [0.05, 0.1) is 5.60 Å². The number of piperidine rings is 1. The lowest BCUT2D eigenvalue weighted by atomic mass is 9.92. The maximum atomic E-state index is 11.0. The Balaban J connectivity index is 1.54. The van der Waals surface area contributed by atoms with Crippen molar-refractivity contribution in [1.82, 2.24) is 14.7 Å². The molecule has 0 aliphatic carbocycles. The lowest BCUT2D eigenvalue weighted by Gasteiger charge is -2.41. The molecular weight excluding hydrogens is 306 g/mol. The molecule has 130 valence electrons. The second kappa shape index (κ2) is 7.62. The smallest absolute Gasteiger partial charge is 0.0900 e. The number of rotatable bonds is 6. The molecule has 2 aliphatic heterocycles. The molecule has 0 amide bonds. The second-order valence-corrected chi connectivity index (χ2v) is 8.68. The van der Waals surface area contributed by atoms with Crippen molar-refractivity contribution in [1.29, 1.82) is 0 Å². The van der Waals surface area contributed by atoms with Crippen molar-refractivity contribution in [2.45, 2.75) is 44.4 Å². The Labute approximate surface area is 144 Å². The molecule has 1 aromatic heterocycles. The summed E-state index contributed by atoms with van der Waals surface area (Å²) < 4.78 is 0. The summed E-state index contributed by atoms with van der Waals surface area (Å²) in [4.78, 5) is 8.53. The van der Waals surface area contributed by atoms with Gasteiger partial charge >= 0.3 is 0 Å². The van der Waals surface area contributed by atoms with Gasteiger partial charge in [-0.05, 0) is 76.4 Å². The summed E-state index contributed by atoms with van der Waals surface area (Å²) >= 11 is 1.86. The van der Waals surface area contributed by atoms with E-state index in [-0.39, 0.29) is 0 Å². The highest BCUT2D eigenvalue weighted by molar-refractivity contribution is 7.10. The molecule has 0 saturated carbocycles. The molecule has 1 N–H and O–H groups in total. The zero-order valence-electron chi connectivity index (χ0n) is 14.6. The van der Waals surface area contributed by atoms with Gasteiger partial charge in [-0.1, -0.05) is 0 Å². The van der Waals surface area contributed by atoms with E-state index in [0.717, 1.165) is 45.6 Å². The number of hydrogen-bond acceptors (Lipinski definition) is 5. The Morgan fingerprint density at radius 3 is 2.65 bits per heavy atom. The average molecular weight is 338 g/mol. The third-order valence-electron chi connectivity index (χ3n) is 4.94. The molecule has 0 spiro atoms. The topological polar surface area (TPSA) is 30.0 Å². The maximum absolute atomic E-state index is 11.0. The highest BCUT2D eigenvalue weighted by Gasteiger charge is 2.35. The van der Waals surface area contributed by atoms with Crippen LogP contribution in [0.1, 0.15) is 36.1 Å². The SMILES string of the molecule is CN(C)Cc1csc(CN2CCC[C@@](O)(CN3CCCC3)C2)c1. The van der Waals surface area contributed by atoms with E-state index >= 15 is 0 Å². The number of likely N-dealkylation sites (tertiary alicyclic amines) is 2. The van der Waals surface area contributed by atoms with Crippen LogP contribution < -0.4 is 0 Å². The van der Waals surface area contributed by atoms with E-state index in [1.165, 1.54) is 36.4 Å². The fraction of sp³-hybridized carbons (Fsp3) is 0.778. The number of thiophene rings is 1. The fourth-order valence-electron chi connectivity index (χ4n) is 4.00. The Morgan fingerprint density at radius 1 is 1.17 bits per heavy atom. The first-order valence-corrected chi connectivity index (χ1v) is 9.78. The van der Waals surface area contributed by atoms with Crippen LogP contribution in [0.4, 0.5) is 0 Å². The standard InChI is InChI=1S/C18H31N3OS/c1-19(2)11-16-10-17(23-13-16)12-21-9-5-6-18(22,15-21)14-20-7-3-4-8-20/h10,13,22H,3-9,11-12,14-15H2,1-2H3/t18-/m1/s1. The largest absolute Gasteiger partial charge is 0.387 e. The summed E-state index contributed by atoms with van der Waals surface area (Å²) in [6.45, 7) is 7.13. The molecule has 0 unspecified atom stereocenters. The van der Waals surface area contributed by atoms with Crippen LogP contribution in [0.5, 0.6) is 0 Å². The summed E-state index contributed by atoms with van der Waals surface area (Å²) in [6, 6.07) is 2.33. The summed E-state index contributed by atoms with van der Waals surface area (Å²) in [7, 11) is 4.22. The normalized spacial score (nSPS) is 27.1. The fourth-order valence-corrected chi connectivity index (χ4v) is 4.93.